The molecule has 0 aliphatic carbocycles. The lowest BCUT2D eigenvalue weighted by Crippen LogP contribution is -2.14. The van der Waals surface area contributed by atoms with Gasteiger partial charge in [0.15, 0.2) is 11.5 Å². The highest BCUT2D eigenvalue weighted by Gasteiger charge is 2.22. The van der Waals surface area contributed by atoms with E-state index >= 15 is 0 Å². The van der Waals surface area contributed by atoms with Crippen molar-refractivity contribution in [3.05, 3.63) is 23.3 Å². The molecule has 1 unspecified atom stereocenters. The van der Waals surface area contributed by atoms with Gasteiger partial charge in [0.1, 0.15) is 0 Å². The SMILES string of the molecule is CC(Cc1ccc2c(c1C(C)C)OCCCO2)C(=O)O. The Morgan fingerprint density at radius 2 is 1.95 bits per heavy atom. The van der Waals surface area contributed by atoms with Crippen molar-refractivity contribution in [3.63, 3.8) is 0 Å². The summed E-state index contributed by atoms with van der Waals surface area (Å²) in [5.74, 6) is 0.664. The number of rotatable bonds is 4. The zero-order valence-corrected chi connectivity index (χ0v) is 12.3. The highest BCUT2D eigenvalue weighted by molar-refractivity contribution is 5.70. The predicted molar refractivity (Wildman–Crippen MR) is 76.6 cm³/mol. The monoisotopic (exact) mass is 278 g/mol. The molecule has 0 fully saturated rings. The summed E-state index contributed by atoms with van der Waals surface area (Å²) in [5, 5.41) is 9.10. The number of carboxylic acid groups (broad SMARTS) is 1. The summed E-state index contributed by atoms with van der Waals surface area (Å²) in [5.41, 5.74) is 2.12. The Morgan fingerprint density at radius 1 is 1.25 bits per heavy atom. The van der Waals surface area contributed by atoms with E-state index in [1.54, 1.807) is 6.92 Å². The maximum absolute atomic E-state index is 11.1. The first-order chi connectivity index (χ1) is 9.50. The molecule has 0 amide bonds. The summed E-state index contributed by atoms with van der Waals surface area (Å²) in [6.45, 7) is 7.23. The molecule has 0 saturated heterocycles. The zero-order valence-electron chi connectivity index (χ0n) is 12.3. The van der Waals surface area contributed by atoms with E-state index in [9.17, 15) is 4.79 Å². The van der Waals surface area contributed by atoms with Crippen molar-refractivity contribution in [2.75, 3.05) is 13.2 Å². The fourth-order valence-corrected chi connectivity index (χ4v) is 2.53. The molecule has 4 nitrogen and oxygen atoms in total. The summed E-state index contributed by atoms with van der Waals surface area (Å²) in [4.78, 5) is 11.1. The van der Waals surface area contributed by atoms with E-state index < -0.39 is 11.9 Å². The Hall–Kier alpha value is -1.71. The number of aliphatic carboxylic acids is 1. The lowest BCUT2D eigenvalue weighted by Gasteiger charge is -2.20. The van der Waals surface area contributed by atoms with Gasteiger partial charge in [0.2, 0.25) is 0 Å². The Balaban J connectivity index is 2.42. The Labute approximate surface area is 119 Å². The molecule has 1 atom stereocenters. The first-order valence-corrected chi connectivity index (χ1v) is 7.15. The first-order valence-electron chi connectivity index (χ1n) is 7.15. The topological polar surface area (TPSA) is 55.8 Å². The Kier molecular flexibility index (Phi) is 4.53. The molecule has 1 aliphatic heterocycles. The van der Waals surface area contributed by atoms with Crippen LogP contribution in [0.2, 0.25) is 0 Å². The molecule has 0 aromatic heterocycles. The Bertz CT molecular complexity index is 493. The highest BCUT2D eigenvalue weighted by atomic mass is 16.5. The van der Waals surface area contributed by atoms with Crippen molar-refractivity contribution in [2.45, 2.75) is 39.5 Å². The Morgan fingerprint density at radius 3 is 2.60 bits per heavy atom. The van der Waals surface area contributed by atoms with Crippen molar-refractivity contribution >= 4 is 5.97 Å². The third kappa shape index (κ3) is 3.06. The van der Waals surface area contributed by atoms with Crippen molar-refractivity contribution in [1.82, 2.24) is 0 Å². The van der Waals surface area contributed by atoms with Gasteiger partial charge < -0.3 is 14.6 Å². The van der Waals surface area contributed by atoms with Crippen molar-refractivity contribution < 1.29 is 19.4 Å². The highest BCUT2D eigenvalue weighted by Crippen LogP contribution is 2.40. The van der Waals surface area contributed by atoms with Crippen molar-refractivity contribution in [2.24, 2.45) is 5.92 Å². The average Bonchev–Trinajstić information content (AvgIpc) is 2.62. The molecule has 4 heteroatoms. The van der Waals surface area contributed by atoms with Gasteiger partial charge in [-0.05, 0) is 24.0 Å². The van der Waals surface area contributed by atoms with Crippen LogP contribution in [0.1, 0.15) is 44.2 Å². The minimum atomic E-state index is -0.771. The van der Waals surface area contributed by atoms with Gasteiger partial charge in [0.05, 0.1) is 19.1 Å². The number of benzene rings is 1. The minimum absolute atomic E-state index is 0.266. The van der Waals surface area contributed by atoms with Crippen LogP contribution in [0.4, 0.5) is 0 Å². The average molecular weight is 278 g/mol. The molecule has 1 N–H and O–H groups in total. The van der Waals surface area contributed by atoms with Crippen molar-refractivity contribution in [1.29, 1.82) is 0 Å². The number of hydrogen-bond acceptors (Lipinski definition) is 3. The number of hydrogen-bond donors (Lipinski definition) is 1. The zero-order chi connectivity index (χ0) is 14.7. The second-order valence-electron chi connectivity index (χ2n) is 5.61. The van der Waals surface area contributed by atoms with Gasteiger partial charge >= 0.3 is 5.97 Å². The summed E-state index contributed by atoms with van der Waals surface area (Å²) < 4.78 is 11.6. The molecule has 1 aromatic carbocycles. The number of carbonyl (C=O) groups is 1. The minimum Gasteiger partial charge on any atom is -0.490 e. The third-order valence-electron chi connectivity index (χ3n) is 3.57. The molecule has 110 valence electrons. The van der Waals surface area contributed by atoms with Crippen LogP contribution in [0.5, 0.6) is 11.5 Å². The van der Waals surface area contributed by atoms with Gasteiger partial charge in [-0.1, -0.05) is 26.8 Å². The lowest BCUT2D eigenvalue weighted by atomic mass is 9.90. The van der Waals surface area contributed by atoms with Gasteiger partial charge in [0.25, 0.3) is 0 Å². The third-order valence-corrected chi connectivity index (χ3v) is 3.57. The van der Waals surface area contributed by atoms with Gasteiger partial charge in [-0.3, -0.25) is 4.79 Å². The van der Waals surface area contributed by atoms with Crippen molar-refractivity contribution in [3.8, 4) is 11.5 Å². The quantitative estimate of drug-likeness (QED) is 0.918. The van der Waals surface area contributed by atoms with E-state index in [1.165, 1.54) is 0 Å². The maximum Gasteiger partial charge on any atom is 0.306 e. The van der Waals surface area contributed by atoms with Gasteiger partial charge in [0, 0.05) is 12.0 Å². The van der Waals surface area contributed by atoms with Gasteiger partial charge in [-0.15, -0.1) is 0 Å². The molecule has 0 saturated carbocycles. The fourth-order valence-electron chi connectivity index (χ4n) is 2.53. The smallest absolute Gasteiger partial charge is 0.306 e. The van der Waals surface area contributed by atoms with E-state index in [4.69, 9.17) is 14.6 Å². The molecular formula is C16H22O4. The van der Waals surface area contributed by atoms with Crippen LogP contribution in [-0.4, -0.2) is 24.3 Å². The summed E-state index contributed by atoms with van der Waals surface area (Å²) >= 11 is 0. The second kappa shape index (κ2) is 6.16. The molecule has 1 aromatic rings. The molecule has 0 bridgehead atoms. The van der Waals surface area contributed by atoms with E-state index in [0.717, 1.165) is 29.0 Å². The number of ether oxygens (including phenoxy) is 2. The van der Waals surface area contributed by atoms with Crippen LogP contribution in [-0.2, 0) is 11.2 Å². The van der Waals surface area contributed by atoms with E-state index in [0.29, 0.717) is 19.6 Å². The molecule has 2 rings (SSSR count). The van der Waals surface area contributed by atoms with E-state index in [1.807, 2.05) is 12.1 Å². The summed E-state index contributed by atoms with van der Waals surface area (Å²) in [6.07, 6.45) is 1.38. The largest absolute Gasteiger partial charge is 0.490 e. The van der Waals surface area contributed by atoms with Gasteiger partial charge in [-0.2, -0.15) is 0 Å². The summed E-state index contributed by atoms with van der Waals surface area (Å²) in [7, 11) is 0. The molecule has 1 heterocycles. The van der Waals surface area contributed by atoms with E-state index in [-0.39, 0.29) is 5.92 Å². The van der Waals surface area contributed by atoms with Crippen LogP contribution < -0.4 is 9.47 Å². The molecular weight excluding hydrogens is 256 g/mol. The van der Waals surface area contributed by atoms with Crippen LogP contribution in [0.25, 0.3) is 0 Å². The number of fused-ring (bicyclic) bond motifs is 1. The standard InChI is InChI=1S/C16H22O4/c1-10(2)14-12(9-11(3)16(17)18)5-6-13-15(14)20-8-4-7-19-13/h5-6,10-11H,4,7-9H2,1-3H3,(H,17,18). The van der Waals surface area contributed by atoms with Crippen LogP contribution in [0.3, 0.4) is 0 Å². The maximum atomic E-state index is 11.1. The van der Waals surface area contributed by atoms with Crippen LogP contribution in [0, 0.1) is 5.92 Å². The fraction of sp³-hybridized carbons (Fsp3) is 0.562. The van der Waals surface area contributed by atoms with E-state index in [2.05, 4.69) is 13.8 Å². The molecule has 0 radical (unpaired) electrons. The first kappa shape index (κ1) is 14.7. The number of carboxylic acids is 1. The second-order valence-corrected chi connectivity index (χ2v) is 5.61. The molecule has 0 spiro atoms. The summed E-state index contributed by atoms with van der Waals surface area (Å²) in [6, 6.07) is 3.87. The van der Waals surface area contributed by atoms with Crippen LogP contribution in [0.15, 0.2) is 12.1 Å². The van der Waals surface area contributed by atoms with Gasteiger partial charge in [-0.25, -0.2) is 0 Å². The lowest BCUT2D eigenvalue weighted by molar-refractivity contribution is -0.141. The molecule has 1 aliphatic rings. The van der Waals surface area contributed by atoms with Crippen LogP contribution >= 0.6 is 0 Å². The normalized spacial score (nSPS) is 15.8. The predicted octanol–water partition coefficient (Wildman–Crippen LogP) is 3.23. The molecule has 20 heavy (non-hydrogen) atoms.